The van der Waals surface area contributed by atoms with Crippen LogP contribution in [-0.2, 0) is 0 Å². The van der Waals surface area contributed by atoms with Gasteiger partial charge in [-0.05, 0) is 37.5 Å². The van der Waals surface area contributed by atoms with Gasteiger partial charge in [-0.15, -0.1) is 0 Å². The van der Waals surface area contributed by atoms with Crippen LogP contribution in [0.25, 0.3) is 0 Å². The van der Waals surface area contributed by atoms with Gasteiger partial charge in [-0.2, -0.15) is 0 Å². The largest absolute Gasteiger partial charge is 0.382 e. The van der Waals surface area contributed by atoms with Crippen molar-refractivity contribution >= 4 is 23.0 Å². The highest BCUT2D eigenvalue weighted by Crippen LogP contribution is 2.37. The van der Waals surface area contributed by atoms with E-state index in [0.717, 1.165) is 24.2 Å². The van der Waals surface area contributed by atoms with Crippen molar-refractivity contribution in [3.05, 3.63) is 23.2 Å². The summed E-state index contributed by atoms with van der Waals surface area (Å²) in [5.41, 5.74) is 2.52. The molecule has 2 aliphatic rings. The third kappa shape index (κ3) is 1.57. The van der Waals surface area contributed by atoms with Crippen molar-refractivity contribution in [1.82, 2.24) is 0 Å². The molecule has 3 rings (SSSR count). The van der Waals surface area contributed by atoms with Crippen molar-refractivity contribution in [1.29, 1.82) is 0 Å². The van der Waals surface area contributed by atoms with Gasteiger partial charge in [0, 0.05) is 24.2 Å². The molecule has 0 radical (unpaired) electrons. The number of benzene rings is 1. The van der Waals surface area contributed by atoms with E-state index >= 15 is 0 Å². The van der Waals surface area contributed by atoms with Crippen LogP contribution in [0.5, 0.6) is 0 Å². The molecule has 1 heterocycles. The van der Waals surface area contributed by atoms with E-state index in [1.165, 1.54) is 30.6 Å². The highest BCUT2D eigenvalue weighted by Gasteiger charge is 2.28. The average Bonchev–Trinajstić information content (AvgIpc) is 2.15. The maximum atomic E-state index is 5.99. The number of rotatable bonds is 1. The van der Waals surface area contributed by atoms with Gasteiger partial charge in [0.25, 0.3) is 0 Å². The molecule has 1 aromatic rings. The van der Waals surface area contributed by atoms with Crippen molar-refractivity contribution in [2.75, 3.05) is 23.3 Å². The summed E-state index contributed by atoms with van der Waals surface area (Å²) in [6, 6.07) is 6.93. The molecule has 0 amide bonds. The standard InChI is InChI=1S/C12H15ClN2/c13-9-4-5-12-11(8-9)14-6-7-15(12)10-2-1-3-10/h4-5,8,10,14H,1-3,6-7H2. The zero-order chi connectivity index (χ0) is 10.3. The lowest BCUT2D eigenvalue weighted by molar-refractivity contribution is 0.387. The highest BCUT2D eigenvalue weighted by molar-refractivity contribution is 6.31. The summed E-state index contributed by atoms with van der Waals surface area (Å²) in [5.74, 6) is 0. The van der Waals surface area contributed by atoms with Gasteiger partial charge < -0.3 is 10.2 Å². The topological polar surface area (TPSA) is 15.3 Å². The fourth-order valence-corrected chi connectivity index (χ4v) is 2.58. The molecular weight excluding hydrogens is 208 g/mol. The second-order valence-corrected chi connectivity index (χ2v) is 4.80. The molecule has 0 aromatic heterocycles. The van der Waals surface area contributed by atoms with Crippen molar-refractivity contribution in [3.8, 4) is 0 Å². The second kappa shape index (κ2) is 3.60. The summed E-state index contributed by atoms with van der Waals surface area (Å²) in [6.45, 7) is 2.16. The van der Waals surface area contributed by atoms with Crippen LogP contribution in [0.15, 0.2) is 18.2 Å². The Bertz CT molecular complexity index is 374. The summed E-state index contributed by atoms with van der Waals surface area (Å²) in [6.07, 6.45) is 4.08. The maximum absolute atomic E-state index is 5.99. The first-order valence-corrected chi connectivity index (χ1v) is 6.02. The predicted octanol–water partition coefficient (Wildman–Crippen LogP) is 3.12. The van der Waals surface area contributed by atoms with E-state index in [1.54, 1.807) is 0 Å². The zero-order valence-electron chi connectivity index (χ0n) is 8.67. The van der Waals surface area contributed by atoms with Crippen LogP contribution in [-0.4, -0.2) is 19.1 Å². The van der Waals surface area contributed by atoms with Gasteiger partial charge in [-0.25, -0.2) is 0 Å². The normalized spacial score (nSPS) is 20.5. The fraction of sp³-hybridized carbons (Fsp3) is 0.500. The van der Waals surface area contributed by atoms with E-state index in [-0.39, 0.29) is 0 Å². The number of halogens is 1. The Kier molecular flexibility index (Phi) is 2.24. The van der Waals surface area contributed by atoms with Crippen LogP contribution in [0.4, 0.5) is 11.4 Å². The van der Waals surface area contributed by atoms with Crippen LogP contribution in [0.3, 0.4) is 0 Å². The number of nitrogens with one attached hydrogen (secondary N) is 1. The van der Waals surface area contributed by atoms with E-state index in [0.29, 0.717) is 0 Å². The summed E-state index contributed by atoms with van der Waals surface area (Å²) >= 11 is 5.99. The quantitative estimate of drug-likeness (QED) is 0.786. The van der Waals surface area contributed by atoms with E-state index in [2.05, 4.69) is 16.3 Å². The average molecular weight is 223 g/mol. The van der Waals surface area contributed by atoms with Crippen LogP contribution in [0.1, 0.15) is 19.3 Å². The molecule has 0 unspecified atom stereocenters. The first kappa shape index (κ1) is 9.34. The number of hydrogen-bond donors (Lipinski definition) is 1. The van der Waals surface area contributed by atoms with Crippen molar-refractivity contribution < 1.29 is 0 Å². The Morgan fingerprint density at radius 2 is 2.20 bits per heavy atom. The Morgan fingerprint density at radius 3 is 2.93 bits per heavy atom. The van der Waals surface area contributed by atoms with Crippen LogP contribution in [0.2, 0.25) is 5.02 Å². The summed E-state index contributed by atoms with van der Waals surface area (Å²) in [4.78, 5) is 2.53. The zero-order valence-corrected chi connectivity index (χ0v) is 9.43. The molecule has 1 saturated carbocycles. The molecule has 1 aromatic carbocycles. The van der Waals surface area contributed by atoms with Gasteiger partial charge in [-0.3, -0.25) is 0 Å². The monoisotopic (exact) mass is 222 g/mol. The smallest absolute Gasteiger partial charge is 0.0606 e. The Labute approximate surface area is 95.2 Å². The van der Waals surface area contributed by atoms with Gasteiger partial charge in [0.15, 0.2) is 0 Å². The minimum atomic E-state index is 0.770. The number of nitrogens with zero attached hydrogens (tertiary/aromatic N) is 1. The Morgan fingerprint density at radius 1 is 1.33 bits per heavy atom. The molecule has 1 aliphatic carbocycles. The molecule has 0 spiro atoms. The molecular formula is C12H15ClN2. The molecule has 1 aliphatic heterocycles. The number of fused-ring (bicyclic) bond motifs is 1. The maximum Gasteiger partial charge on any atom is 0.0606 e. The molecule has 0 atom stereocenters. The van der Waals surface area contributed by atoms with Crippen molar-refractivity contribution in [2.24, 2.45) is 0 Å². The van der Waals surface area contributed by atoms with Gasteiger partial charge in [0.05, 0.1) is 11.4 Å². The Balaban J connectivity index is 1.95. The molecule has 80 valence electrons. The molecule has 1 fully saturated rings. The minimum absolute atomic E-state index is 0.770. The lowest BCUT2D eigenvalue weighted by atomic mass is 9.90. The third-order valence-electron chi connectivity index (χ3n) is 3.45. The van der Waals surface area contributed by atoms with Crippen molar-refractivity contribution in [3.63, 3.8) is 0 Å². The second-order valence-electron chi connectivity index (χ2n) is 4.37. The van der Waals surface area contributed by atoms with E-state index in [9.17, 15) is 0 Å². The number of hydrogen-bond acceptors (Lipinski definition) is 2. The molecule has 1 N–H and O–H groups in total. The first-order valence-electron chi connectivity index (χ1n) is 5.65. The van der Waals surface area contributed by atoms with Gasteiger partial charge in [0.1, 0.15) is 0 Å². The van der Waals surface area contributed by atoms with Gasteiger partial charge in [0.2, 0.25) is 0 Å². The molecule has 0 saturated heterocycles. The lowest BCUT2D eigenvalue weighted by Gasteiger charge is -2.42. The van der Waals surface area contributed by atoms with Crippen LogP contribution >= 0.6 is 11.6 Å². The van der Waals surface area contributed by atoms with Crippen LogP contribution < -0.4 is 10.2 Å². The summed E-state index contributed by atoms with van der Waals surface area (Å²) in [5, 5.41) is 4.23. The SMILES string of the molecule is Clc1ccc2c(c1)NCCN2C1CCC1. The highest BCUT2D eigenvalue weighted by atomic mass is 35.5. The fourth-order valence-electron chi connectivity index (χ4n) is 2.41. The third-order valence-corrected chi connectivity index (χ3v) is 3.69. The first-order chi connectivity index (χ1) is 7.34. The summed E-state index contributed by atoms with van der Waals surface area (Å²) < 4.78 is 0. The molecule has 2 nitrogen and oxygen atoms in total. The minimum Gasteiger partial charge on any atom is -0.382 e. The van der Waals surface area contributed by atoms with Crippen LogP contribution in [0, 0.1) is 0 Å². The number of anilines is 2. The lowest BCUT2D eigenvalue weighted by Crippen LogP contribution is -2.45. The van der Waals surface area contributed by atoms with E-state index < -0.39 is 0 Å². The molecule has 15 heavy (non-hydrogen) atoms. The van der Waals surface area contributed by atoms with E-state index in [4.69, 9.17) is 11.6 Å². The molecule has 0 bridgehead atoms. The van der Waals surface area contributed by atoms with Gasteiger partial charge in [-0.1, -0.05) is 11.6 Å². The summed E-state index contributed by atoms with van der Waals surface area (Å²) in [7, 11) is 0. The molecule has 3 heteroatoms. The van der Waals surface area contributed by atoms with E-state index in [1.807, 2.05) is 12.1 Å². The van der Waals surface area contributed by atoms with Crippen molar-refractivity contribution in [2.45, 2.75) is 25.3 Å². The predicted molar refractivity (Wildman–Crippen MR) is 64.9 cm³/mol. The Hall–Kier alpha value is -0.890. The van der Waals surface area contributed by atoms with Gasteiger partial charge >= 0.3 is 0 Å².